The van der Waals surface area contributed by atoms with Gasteiger partial charge in [0, 0.05) is 18.7 Å². The Morgan fingerprint density at radius 2 is 2.14 bits per heavy atom. The third kappa shape index (κ3) is 2.25. The minimum Gasteiger partial charge on any atom is -0.476 e. The predicted molar refractivity (Wildman–Crippen MR) is 48.0 cm³/mol. The Morgan fingerprint density at radius 3 is 2.64 bits per heavy atom. The minimum absolute atomic E-state index is 0.000463. The molecular formula is C8H9N3O3. The van der Waals surface area contributed by atoms with Crippen LogP contribution in [0.15, 0.2) is 6.20 Å². The molecule has 0 aliphatic heterocycles. The molecule has 1 aromatic heterocycles. The van der Waals surface area contributed by atoms with Gasteiger partial charge in [0.1, 0.15) is 0 Å². The SMILES string of the molecule is CC(=O)Nc1ncc(C)c(C(=O)O)n1. The number of nitrogens with one attached hydrogen (secondary N) is 1. The maximum atomic E-state index is 10.7. The molecule has 0 radical (unpaired) electrons. The highest BCUT2D eigenvalue weighted by atomic mass is 16.4. The lowest BCUT2D eigenvalue weighted by molar-refractivity contribution is -0.114. The van der Waals surface area contributed by atoms with Crippen molar-refractivity contribution in [3.63, 3.8) is 0 Å². The van der Waals surface area contributed by atoms with Crippen LogP contribution in [0.2, 0.25) is 0 Å². The number of carbonyl (C=O) groups excluding carboxylic acids is 1. The number of aryl methyl sites for hydroxylation is 1. The molecule has 6 nitrogen and oxygen atoms in total. The molecule has 0 unspecified atom stereocenters. The second-order valence-electron chi connectivity index (χ2n) is 2.71. The summed E-state index contributed by atoms with van der Waals surface area (Å²) in [6.07, 6.45) is 1.35. The van der Waals surface area contributed by atoms with E-state index >= 15 is 0 Å². The number of carboxylic acid groups (broad SMARTS) is 1. The van der Waals surface area contributed by atoms with Crippen LogP contribution in [0.4, 0.5) is 5.95 Å². The number of hydrogen-bond donors (Lipinski definition) is 2. The van der Waals surface area contributed by atoms with Gasteiger partial charge in [-0.2, -0.15) is 0 Å². The van der Waals surface area contributed by atoms with Crippen molar-refractivity contribution >= 4 is 17.8 Å². The van der Waals surface area contributed by atoms with Crippen LogP contribution in [0.1, 0.15) is 23.0 Å². The fourth-order valence-corrected chi connectivity index (χ4v) is 0.876. The number of amides is 1. The number of carboxylic acids is 1. The summed E-state index contributed by atoms with van der Waals surface area (Å²) in [5, 5.41) is 11.0. The van der Waals surface area contributed by atoms with Crippen molar-refractivity contribution in [2.45, 2.75) is 13.8 Å². The van der Waals surface area contributed by atoms with E-state index in [-0.39, 0.29) is 17.5 Å². The molecule has 1 aromatic rings. The van der Waals surface area contributed by atoms with E-state index < -0.39 is 5.97 Å². The molecule has 0 aromatic carbocycles. The Hall–Kier alpha value is -1.98. The molecule has 0 aliphatic rings. The monoisotopic (exact) mass is 195 g/mol. The second kappa shape index (κ2) is 3.82. The van der Waals surface area contributed by atoms with Crippen LogP contribution >= 0.6 is 0 Å². The standard InChI is InChI=1S/C8H9N3O3/c1-4-3-9-8(10-5(2)12)11-6(4)7(13)14/h3H,1-2H3,(H,13,14)(H,9,10,11,12). The Labute approximate surface area is 80.0 Å². The van der Waals surface area contributed by atoms with Crippen LogP contribution in [0.5, 0.6) is 0 Å². The molecule has 0 saturated carbocycles. The summed E-state index contributed by atoms with van der Waals surface area (Å²) in [6, 6.07) is 0. The average molecular weight is 195 g/mol. The van der Waals surface area contributed by atoms with E-state index in [1.54, 1.807) is 6.92 Å². The van der Waals surface area contributed by atoms with E-state index in [1.165, 1.54) is 13.1 Å². The molecular weight excluding hydrogens is 186 g/mol. The second-order valence-corrected chi connectivity index (χ2v) is 2.71. The maximum Gasteiger partial charge on any atom is 0.354 e. The van der Waals surface area contributed by atoms with Crippen molar-refractivity contribution in [1.82, 2.24) is 9.97 Å². The number of hydrogen-bond acceptors (Lipinski definition) is 4. The zero-order chi connectivity index (χ0) is 10.7. The zero-order valence-electron chi connectivity index (χ0n) is 7.74. The van der Waals surface area contributed by atoms with Gasteiger partial charge >= 0.3 is 5.97 Å². The number of aromatic carboxylic acids is 1. The molecule has 2 N–H and O–H groups in total. The third-order valence-corrected chi connectivity index (χ3v) is 1.46. The van der Waals surface area contributed by atoms with E-state index in [4.69, 9.17) is 5.11 Å². The van der Waals surface area contributed by atoms with Gasteiger partial charge in [-0.05, 0) is 6.92 Å². The Morgan fingerprint density at radius 1 is 1.50 bits per heavy atom. The van der Waals surface area contributed by atoms with Crippen molar-refractivity contribution in [2.24, 2.45) is 0 Å². The molecule has 1 rings (SSSR count). The molecule has 6 heteroatoms. The first kappa shape index (κ1) is 10.1. The van der Waals surface area contributed by atoms with Gasteiger partial charge in [-0.25, -0.2) is 14.8 Å². The largest absolute Gasteiger partial charge is 0.476 e. The van der Waals surface area contributed by atoms with Crippen LogP contribution in [-0.2, 0) is 4.79 Å². The molecule has 74 valence electrons. The van der Waals surface area contributed by atoms with Crippen molar-refractivity contribution in [3.8, 4) is 0 Å². The summed E-state index contributed by atoms with van der Waals surface area (Å²) in [5.41, 5.74) is 0.343. The quantitative estimate of drug-likeness (QED) is 0.714. The van der Waals surface area contributed by atoms with Crippen molar-refractivity contribution < 1.29 is 14.7 Å². The number of anilines is 1. The molecule has 0 aliphatic carbocycles. The molecule has 0 fully saturated rings. The Balaban J connectivity index is 3.06. The normalized spacial score (nSPS) is 9.57. The highest BCUT2D eigenvalue weighted by Gasteiger charge is 2.10. The van der Waals surface area contributed by atoms with Gasteiger partial charge in [-0.1, -0.05) is 0 Å². The van der Waals surface area contributed by atoms with Crippen LogP contribution in [-0.4, -0.2) is 27.0 Å². The van der Waals surface area contributed by atoms with Gasteiger partial charge in [-0.3, -0.25) is 10.1 Å². The van der Waals surface area contributed by atoms with Crippen molar-refractivity contribution in [3.05, 3.63) is 17.5 Å². The van der Waals surface area contributed by atoms with E-state index in [2.05, 4.69) is 15.3 Å². The van der Waals surface area contributed by atoms with Gasteiger partial charge in [-0.15, -0.1) is 0 Å². The van der Waals surface area contributed by atoms with Crippen LogP contribution in [0.25, 0.3) is 0 Å². The smallest absolute Gasteiger partial charge is 0.354 e. The van der Waals surface area contributed by atoms with E-state index in [0.29, 0.717) is 5.56 Å². The molecule has 1 heterocycles. The number of aromatic nitrogens is 2. The summed E-state index contributed by atoms with van der Waals surface area (Å²) in [4.78, 5) is 28.7. The lowest BCUT2D eigenvalue weighted by Gasteiger charge is -2.02. The summed E-state index contributed by atoms with van der Waals surface area (Å²) < 4.78 is 0. The summed E-state index contributed by atoms with van der Waals surface area (Å²) in [6.45, 7) is 2.88. The first-order valence-electron chi connectivity index (χ1n) is 3.85. The fourth-order valence-electron chi connectivity index (χ4n) is 0.876. The first-order chi connectivity index (χ1) is 6.50. The highest BCUT2D eigenvalue weighted by molar-refractivity contribution is 5.89. The lowest BCUT2D eigenvalue weighted by Crippen LogP contribution is -2.13. The molecule has 1 amide bonds. The first-order valence-corrected chi connectivity index (χ1v) is 3.85. The molecule has 0 saturated heterocycles. The Bertz CT molecular complexity index is 389. The van der Waals surface area contributed by atoms with E-state index in [9.17, 15) is 9.59 Å². The number of rotatable bonds is 2. The average Bonchev–Trinajstić information content (AvgIpc) is 2.07. The van der Waals surface area contributed by atoms with Gasteiger partial charge < -0.3 is 5.11 Å². The Kier molecular flexibility index (Phi) is 2.76. The summed E-state index contributed by atoms with van der Waals surface area (Å²) >= 11 is 0. The maximum absolute atomic E-state index is 10.7. The third-order valence-electron chi connectivity index (χ3n) is 1.46. The summed E-state index contributed by atoms with van der Waals surface area (Å²) in [7, 11) is 0. The van der Waals surface area contributed by atoms with Crippen LogP contribution in [0, 0.1) is 6.92 Å². The van der Waals surface area contributed by atoms with E-state index in [0.717, 1.165) is 0 Å². The van der Waals surface area contributed by atoms with Gasteiger partial charge in [0.2, 0.25) is 11.9 Å². The minimum atomic E-state index is -1.14. The van der Waals surface area contributed by atoms with Crippen molar-refractivity contribution in [1.29, 1.82) is 0 Å². The van der Waals surface area contributed by atoms with Gasteiger partial charge in [0.05, 0.1) is 0 Å². The highest BCUT2D eigenvalue weighted by Crippen LogP contribution is 2.06. The van der Waals surface area contributed by atoms with E-state index in [1.807, 2.05) is 0 Å². The molecule has 0 bridgehead atoms. The number of carbonyl (C=O) groups is 2. The fraction of sp³-hybridized carbons (Fsp3) is 0.250. The predicted octanol–water partition coefficient (Wildman–Crippen LogP) is 0.442. The molecule has 14 heavy (non-hydrogen) atoms. The summed E-state index contributed by atoms with van der Waals surface area (Å²) in [5.74, 6) is -1.48. The van der Waals surface area contributed by atoms with Gasteiger partial charge in [0.15, 0.2) is 5.69 Å². The molecule has 0 atom stereocenters. The lowest BCUT2D eigenvalue weighted by atomic mass is 10.2. The number of nitrogens with zero attached hydrogens (tertiary/aromatic N) is 2. The van der Waals surface area contributed by atoms with Crippen LogP contribution in [0.3, 0.4) is 0 Å². The van der Waals surface area contributed by atoms with Crippen molar-refractivity contribution in [2.75, 3.05) is 5.32 Å². The molecule has 0 spiro atoms. The topological polar surface area (TPSA) is 92.2 Å². The zero-order valence-corrected chi connectivity index (χ0v) is 7.74. The van der Waals surface area contributed by atoms with Crippen LogP contribution < -0.4 is 5.32 Å². The van der Waals surface area contributed by atoms with Gasteiger partial charge in [0.25, 0.3) is 0 Å².